The van der Waals surface area contributed by atoms with Crippen molar-refractivity contribution in [3.63, 3.8) is 0 Å². The Kier molecular flexibility index (Phi) is 7.48. The van der Waals surface area contributed by atoms with Crippen molar-refractivity contribution in [2.45, 2.75) is 52.5 Å². The van der Waals surface area contributed by atoms with E-state index in [1.54, 1.807) is 4.90 Å². The number of nitrogens with zero attached hydrogens (tertiary/aromatic N) is 4. The average Bonchev–Trinajstić information content (AvgIpc) is 3.25. The van der Waals surface area contributed by atoms with Crippen molar-refractivity contribution in [2.75, 3.05) is 33.7 Å². The fourth-order valence-electron chi connectivity index (χ4n) is 3.57. The number of nitrogens with one attached hydrogen (secondary N) is 2. The molecule has 0 spiro atoms. The lowest BCUT2D eigenvalue weighted by molar-refractivity contribution is -0.138. The Labute approximate surface area is 157 Å². The van der Waals surface area contributed by atoms with Gasteiger partial charge in [-0.3, -0.25) is 14.5 Å². The van der Waals surface area contributed by atoms with Crippen molar-refractivity contribution in [3.05, 3.63) is 18.0 Å². The van der Waals surface area contributed by atoms with Crippen LogP contribution in [-0.4, -0.2) is 60.3 Å². The van der Waals surface area contributed by atoms with E-state index in [1.165, 1.54) is 5.56 Å². The fraction of sp³-hybridized carbons (Fsp3) is 0.737. The van der Waals surface area contributed by atoms with Gasteiger partial charge in [0, 0.05) is 39.9 Å². The second-order valence-electron chi connectivity index (χ2n) is 7.44. The molecule has 1 aromatic heterocycles. The Morgan fingerprint density at radius 2 is 2.08 bits per heavy atom. The molecule has 146 valence electrons. The number of aromatic nitrogens is 2. The van der Waals surface area contributed by atoms with Gasteiger partial charge in [0.15, 0.2) is 5.96 Å². The maximum atomic E-state index is 12.7. The number of guanidine groups is 1. The van der Waals surface area contributed by atoms with E-state index in [9.17, 15) is 4.79 Å². The average molecular weight is 363 g/mol. The maximum absolute atomic E-state index is 12.7. The third kappa shape index (κ3) is 5.47. The van der Waals surface area contributed by atoms with Gasteiger partial charge in [-0.1, -0.05) is 12.8 Å². The molecule has 0 radical (unpaired) electrons. The van der Waals surface area contributed by atoms with Crippen LogP contribution in [0.25, 0.3) is 0 Å². The lowest BCUT2D eigenvalue weighted by atomic mass is 9.85. The standard InChI is InChI=1S/C19H34N6O/c1-5-20-18(21-11-8-12-25-14-16(2)13-23-25)22-15-19(9-6-7-10-19)17(26)24(3)4/h13-14H,5-12,15H2,1-4H3,(H2,20,21,22). The molecule has 7 heteroatoms. The van der Waals surface area contributed by atoms with Crippen LogP contribution < -0.4 is 10.6 Å². The molecule has 1 aromatic rings. The van der Waals surface area contributed by atoms with E-state index in [-0.39, 0.29) is 11.3 Å². The number of aryl methyl sites for hydroxylation is 2. The van der Waals surface area contributed by atoms with E-state index in [0.717, 1.165) is 57.7 Å². The topological polar surface area (TPSA) is 74.6 Å². The number of rotatable bonds is 8. The number of carbonyl (C=O) groups is 1. The van der Waals surface area contributed by atoms with E-state index in [2.05, 4.69) is 28.9 Å². The van der Waals surface area contributed by atoms with E-state index in [0.29, 0.717) is 6.54 Å². The summed E-state index contributed by atoms with van der Waals surface area (Å²) < 4.78 is 1.96. The first-order valence-electron chi connectivity index (χ1n) is 9.70. The monoisotopic (exact) mass is 362 g/mol. The van der Waals surface area contributed by atoms with Crippen molar-refractivity contribution < 1.29 is 4.79 Å². The van der Waals surface area contributed by atoms with Crippen molar-refractivity contribution in [1.29, 1.82) is 0 Å². The van der Waals surface area contributed by atoms with Gasteiger partial charge in [0.25, 0.3) is 0 Å². The molecule has 0 bridgehead atoms. The molecule has 26 heavy (non-hydrogen) atoms. The van der Waals surface area contributed by atoms with Gasteiger partial charge in [-0.05, 0) is 38.7 Å². The van der Waals surface area contributed by atoms with Crippen molar-refractivity contribution >= 4 is 11.9 Å². The minimum Gasteiger partial charge on any atom is -0.357 e. The van der Waals surface area contributed by atoms with E-state index in [1.807, 2.05) is 31.9 Å². The smallest absolute Gasteiger partial charge is 0.230 e. The van der Waals surface area contributed by atoms with Crippen molar-refractivity contribution in [3.8, 4) is 0 Å². The van der Waals surface area contributed by atoms with Gasteiger partial charge in [-0.25, -0.2) is 0 Å². The maximum Gasteiger partial charge on any atom is 0.230 e. The van der Waals surface area contributed by atoms with Crippen LogP contribution in [0, 0.1) is 12.3 Å². The summed E-state index contributed by atoms with van der Waals surface area (Å²) in [6.07, 6.45) is 8.99. The molecule has 1 aliphatic carbocycles. The molecular formula is C19H34N6O. The van der Waals surface area contributed by atoms with E-state index >= 15 is 0 Å². The molecule has 0 atom stereocenters. The molecule has 1 heterocycles. The predicted molar refractivity (Wildman–Crippen MR) is 105 cm³/mol. The lowest BCUT2D eigenvalue weighted by Gasteiger charge is -2.29. The largest absolute Gasteiger partial charge is 0.357 e. The predicted octanol–water partition coefficient (Wildman–Crippen LogP) is 1.79. The second kappa shape index (κ2) is 9.59. The summed E-state index contributed by atoms with van der Waals surface area (Å²) in [4.78, 5) is 19.1. The molecular weight excluding hydrogens is 328 g/mol. The van der Waals surface area contributed by atoms with E-state index in [4.69, 9.17) is 4.99 Å². The summed E-state index contributed by atoms with van der Waals surface area (Å²) in [6, 6.07) is 0. The van der Waals surface area contributed by atoms with Crippen LogP contribution in [0.3, 0.4) is 0 Å². The molecule has 7 nitrogen and oxygen atoms in total. The Hall–Kier alpha value is -2.05. The van der Waals surface area contributed by atoms with Gasteiger partial charge in [0.1, 0.15) is 0 Å². The Bertz CT molecular complexity index is 601. The Balaban J connectivity index is 1.89. The van der Waals surface area contributed by atoms with Crippen LogP contribution in [0.2, 0.25) is 0 Å². The quantitative estimate of drug-likeness (QED) is 0.420. The van der Waals surface area contributed by atoms with Gasteiger partial charge >= 0.3 is 0 Å². The highest BCUT2D eigenvalue weighted by molar-refractivity contribution is 5.84. The Morgan fingerprint density at radius 3 is 2.65 bits per heavy atom. The first-order chi connectivity index (χ1) is 12.5. The molecule has 0 saturated heterocycles. The molecule has 1 saturated carbocycles. The van der Waals surface area contributed by atoms with E-state index < -0.39 is 0 Å². The number of hydrogen-bond acceptors (Lipinski definition) is 3. The summed E-state index contributed by atoms with van der Waals surface area (Å²) in [7, 11) is 3.68. The van der Waals surface area contributed by atoms with Crippen LogP contribution >= 0.6 is 0 Å². The van der Waals surface area contributed by atoms with Crippen molar-refractivity contribution in [1.82, 2.24) is 25.3 Å². The first kappa shape index (κ1) is 20.3. The van der Waals surface area contributed by atoms with Gasteiger partial charge in [0.2, 0.25) is 5.91 Å². The van der Waals surface area contributed by atoms with Gasteiger partial charge in [-0.2, -0.15) is 5.10 Å². The number of carbonyl (C=O) groups excluding carboxylic acids is 1. The van der Waals surface area contributed by atoms with Gasteiger partial charge in [0.05, 0.1) is 18.2 Å². The normalized spacial score (nSPS) is 16.5. The zero-order valence-corrected chi connectivity index (χ0v) is 16.7. The highest BCUT2D eigenvalue weighted by atomic mass is 16.2. The molecule has 2 rings (SSSR count). The summed E-state index contributed by atoms with van der Waals surface area (Å²) in [5.41, 5.74) is 0.860. The summed E-state index contributed by atoms with van der Waals surface area (Å²) in [6.45, 7) is 7.16. The first-order valence-corrected chi connectivity index (χ1v) is 9.70. The summed E-state index contributed by atoms with van der Waals surface area (Å²) >= 11 is 0. The van der Waals surface area contributed by atoms with Crippen LogP contribution in [-0.2, 0) is 11.3 Å². The highest BCUT2D eigenvalue weighted by Crippen LogP contribution is 2.39. The lowest BCUT2D eigenvalue weighted by Crippen LogP contribution is -2.43. The molecule has 0 aromatic carbocycles. The highest BCUT2D eigenvalue weighted by Gasteiger charge is 2.41. The number of aliphatic imine (C=N–C) groups is 1. The molecule has 1 aliphatic rings. The molecule has 1 fully saturated rings. The molecule has 2 N–H and O–H groups in total. The van der Waals surface area contributed by atoms with Crippen LogP contribution in [0.5, 0.6) is 0 Å². The van der Waals surface area contributed by atoms with Crippen LogP contribution in [0.1, 0.15) is 44.6 Å². The van der Waals surface area contributed by atoms with Gasteiger partial charge in [-0.15, -0.1) is 0 Å². The zero-order chi connectivity index (χ0) is 19.0. The molecule has 1 amide bonds. The zero-order valence-electron chi connectivity index (χ0n) is 16.7. The molecule has 0 aliphatic heterocycles. The fourth-order valence-corrected chi connectivity index (χ4v) is 3.57. The third-order valence-corrected chi connectivity index (χ3v) is 4.92. The Morgan fingerprint density at radius 1 is 1.35 bits per heavy atom. The summed E-state index contributed by atoms with van der Waals surface area (Å²) in [5, 5.41) is 11.0. The summed E-state index contributed by atoms with van der Waals surface area (Å²) in [5.74, 6) is 1.01. The third-order valence-electron chi connectivity index (χ3n) is 4.92. The second-order valence-corrected chi connectivity index (χ2v) is 7.44. The number of amides is 1. The SMILES string of the molecule is CCNC(=NCC1(C(=O)N(C)C)CCCC1)NCCCn1cc(C)cn1. The molecule has 0 unspecified atom stereocenters. The van der Waals surface area contributed by atoms with Crippen molar-refractivity contribution in [2.24, 2.45) is 10.4 Å². The van der Waals surface area contributed by atoms with Crippen LogP contribution in [0.15, 0.2) is 17.4 Å². The van der Waals surface area contributed by atoms with Crippen LogP contribution in [0.4, 0.5) is 0 Å². The number of hydrogen-bond donors (Lipinski definition) is 2. The minimum absolute atomic E-state index is 0.212. The van der Waals surface area contributed by atoms with Gasteiger partial charge < -0.3 is 15.5 Å². The minimum atomic E-state index is -0.321.